The van der Waals surface area contributed by atoms with Gasteiger partial charge in [-0.1, -0.05) is 19.9 Å². The number of nitrogens with zero attached hydrogens (tertiary/aromatic N) is 3. The Morgan fingerprint density at radius 1 is 1.41 bits per heavy atom. The highest BCUT2D eigenvalue weighted by molar-refractivity contribution is 5.97. The molecule has 7 nitrogen and oxygen atoms in total. The standard InChI is InChI=1S/C24H26FN5O2/c1-13-6-16(18-4-5-28-23-21(18)17(8-26)10-29-23)7-19(25)22(13)24(32)14(2)11-30(12-15(24)3)20(31)9-27/h4-7,10,14-15,32H,9,11-12,27H2,1-3H3,(H,28,29)/t14-,15+,24?. The molecule has 4 rings (SSSR count). The largest absolute Gasteiger partial charge is 0.384 e. The Hall–Kier alpha value is -3.28. The predicted octanol–water partition coefficient (Wildman–Crippen LogP) is 2.81. The maximum atomic E-state index is 15.7. The molecule has 2 aromatic heterocycles. The van der Waals surface area contributed by atoms with Gasteiger partial charge in [-0.25, -0.2) is 9.37 Å². The molecule has 1 aliphatic rings. The Kier molecular flexibility index (Phi) is 5.49. The third kappa shape index (κ3) is 3.25. The number of carbonyl (C=O) groups excluding carboxylic acids is 1. The van der Waals surface area contributed by atoms with Crippen molar-refractivity contribution in [2.75, 3.05) is 19.6 Å². The van der Waals surface area contributed by atoms with Crippen LogP contribution in [-0.4, -0.2) is 45.5 Å². The number of amides is 1. The number of aromatic nitrogens is 2. The van der Waals surface area contributed by atoms with E-state index in [0.717, 1.165) is 0 Å². The zero-order valence-corrected chi connectivity index (χ0v) is 18.3. The number of benzene rings is 1. The van der Waals surface area contributed by atoms with Crippen LogP contribution in [-0.2, 0) is 10.4 Å². The summed E-state index contributed by atoms with van der Waals surface area (Å²) >= 11 is 0. The van der Waals surface area contributed by atoms with Crippen molar-refractivity contribution in [3.8, 4) is 17.2 Å². The number of nitrogens with one attached hydrogen (secondary N) is 1. The first kappa shape index (κ1) is 21.9. The van der Waals surface area contributed by atoms with Crippen LogP contribution in [0.1, 0.15) is 30.5 Å². The lowest BCUT2D eigenvalue weighted by atomic mass is 9.69. The number of nitriles is 1. The lowest BCUT2D eigenvalue weighted by Gasteiger charge is -2.48. The molecule has 8 heteroatoms. The predicted molar refractivity (Wildman–Crippen MR) is 119 cm³/mol. The topological polar surface area (TPSA) is 119 Å². The number of pyridine rings is 1. The first-order valence-corrected chi connectivity index (χ1v) is 10.6. The van der Waals surface area contributed by atoms with Crippen LogP contribution in [0.3, 0.4) is 0 Å². The molecule has 3 atom stereocenters. The average Bonchev–Trinajstić information content (AvgIpc) is 3.19. The molecule has 0 radical (unpaired) electrons. The monoisotopic (exact) mass is 435 g/mol. The van der Waals surface area contributed by atoms with E-state index in [1.165, 1.54) is 6.07 Å². The Balaban J connectivity index is 1.81. The molecule has 3 heterocycles. The number of halogens is 1. The fraction of sp³-hybridized carbons (Fsp3) is 0.375. The minimum absolute atomic E-state index is 0.0931. The Bertz CT molecular complexity index is 1210. The number of carbonyl (C=O) groups is 1. The van der Waals surface area contributed by atoms with E-state index in [2.05, 4.69) is 16.0 Å². The molecular weight excluding hydrogens is 409 g/mol. The molecule has 0 aliphatic carbocycles. The Morgan fingerprint density at radius 2 is 2.09 bits per heavy atom. The molecule has 32 heavy (non-hydrogen) atoms. The molecule has 1 aliphatic heterocycles. The van der Waals surface area contributed by atoms with Gasteiger partial charge in [0.15, 0.2) is 0 Å². The van der Waals surface area contributed by atoms with Gasteiger partial charge < -0.3 is 20.7 Å². The van der Waals surface area contributed by atoms with Gasteiger partial charge in [0.1, 0.15) is 23.1 Å². The number of fused-ring (bicyclic) bond motifs is 1. The van der Waals surface area contributed by atoms with Crippen LogP contribution in [0, 0.1) is 35.9 Å². The van der Waals surface area contributed by atoms with Crippen LogP contribution in [0.5, 0.6) is 0 Å². The molecule has 1 saturated heterocycles. The summed E-state index contributed by atoms with van der Waals surface area (Å²) in [5.74, 6) is -1.47. The summed E-state index contributed by atoms with van der Waals surface area (Å²) in [5.41, 5.74) is 7.22. The van der Waals surface area contributed by atoms with Crippen molar-refractivity contribution >= 4 is 16.9 Å². The second-order valence-corrected chi connectivity index (χ2v) is 8.68. The van der Waals surface area contributed by atoms with Crippen molar-refractivity contribution in [1.29, 1.82) is 5.26 Å². The Labute approximate surface area is 185 Å². The van der Waals surface area contributed by atoms with E-state index in [9.17, 15) is 15.2 Å². The third-order valence-electron chi connectivity index (χ3n) is 6.71. The van der Waals surface area contributed by atoms with Crippen molar-refractivity contribution in [1.82, 2.24) is 14.9 Å². The molecule has 3 aromatic rings. The smallest absolute Gasteiger partial charge is 0.236 e. The minimum atomic E-state index is -1.43. The number of hydrogen-bond acceptors (Lipinski definition) is 5. The number of nitrogens with two attached hydrogens (primary N) is 1. The quantitative estimate of drug-likeness (QED) is 0.585. The van der Waals surface area contributed by atoms with Crippen molar-refractivity contribution in [3.05, 3.63) is 53.1 Å². The number of aliphatic hydroxyl groups is 1. The fourth-order valence-corrected chi connectivity index (χ4v) is 5.12. The molecule has 4 N–H and O–H groups in total. The van der Waals surface area contributed by atoms with E-state index in [0.29, 0.717) is 46.4 Å². The van der Waals surface area contributed by atoms with E-state index in [4.69, 9.17) is 5.73 Å². The molecule has 0 saturated carbocycles. The number of hydrogen-bond donors (Lipinski definition) is 3. The molecule has 166 valence electrons. The highest BCUT2D eigenvalue weighted by Crippen LogP contribution is 2.45. The van der Waals surface area contributed by atoms with Gasteiger partial charge in [0, 0.05) is 48.3 Å². The summed E-state index contributed by atoms with van der Waals surface area (Å²) in [6.45, 7) is 5.94. The zero-order chi connectivity index (χ0) is 23.2. The first-order valence-electron chi connectivity index (χ1n) is 10.6. The summed E-state index contributed by atoms with van der Waals surface area (Å²) in [6, 6.07) is 7.13. The number of likely N-dealkylation sites (tertiary alicyclic amines) is 1. The highest BCUT2D eigenvalue weighted by Gasteiger charge is 2.48. The summed E-state index contributed by atoms with van der Waals surface area (Å²) in [5, 5.41) is 21.8. The molecule has 1 amide bonds. The van der Waals surface area contributed by atoms with Crippen molar-refractivity contribution < 1.29 is 14.3 Å². The third-order valence-corrected chi connectivity index (χ3v) is 6.71. The molecule has 1 fully saturated rings. The van der Waals surface area contributed by atoms with Crippen LogP contribution >= 0.6 is 0 Å². The SMILES string of the molecule is Cc1cc(-c2ccnc3[nH]cc(C#N)c23)cc(F)c1C1(O)[C@H](C)CN(C(=O)CN)C[C@@H]1C. The van der Waals surface area contributed by atoms with E-state index in [1.54, 1.807) is 30.3 Å². The number of aromatic amines is 1. The van der Waals surface area contributed by atoms with Gasteiger partial charge >= 0.3 is 0 Å². The van der Waals surface area contributed by atoms with Crippen LogP contribution < -0.4 is 5.73 Å². The summed E-state index contributed by atoms with van der Waals surface area (Å²) < 4.78 is 15.7. The van der Waals surface area contributed by atoms with Gasteiger partial charge in [-0.15, -0.1) is 0 Å². The van der Waals surface area contributed by atoms with Crippen LogP contribution in [0.4, 0.5) is 4.39 Å². The molecule has 0 bridgehead atoms. The van der Waals surface area contributed by atoms with Gasteiger partial charge in [-0.05, 0) is 35.7 Å². The summed E-state index contributed by atoms with van der Waals surface area (Å²) in [7, 11) is 0. The molecule has 1 aromatic carbocycles. The highest BCUT2D eigenvalue weighted by atomic mass is 19.1. The number of H-pyrrole nitrogens is 1. The van der Waals surface area contributed by atoms with Crippen molar-refractivity contribution in [3.63, 3.8) is 0 Å². The second kappa shape index (κ2) is 8.01. The minimum Gasteiger partial charge on any atom is -0.384 e. The van der Waals surface area contributed by atoms with E-state index < -0.39 is 11.4 Å². The van der Waals surface area contributed by atoms with E-state index >= 15 is 4.39 Å². The first-order chi connectivity index (χ1) is 15.2. The van der Waals surface area contributed by atoms with Gasteiger partial charge in [-0.2, -0.15) is 5.26 Å². The fourth-order valence-electron chi connectivity index (χ4n) is 5.12. The lowest BCUT2D eigenvalue weighted by molar-refractivity contribution is -0.148. The molecule has 0 spiro atoms. The van der Waals surface area contributed by atoms with Crippen molar-refractivity contribution in [2.24, 2.45) is 17.6 Å². The van der Waals surface area contributed by atoms with Crippen LogP contribution in [0.15, 0.2) is 30.6 Å². The molecular formula is C24H26FN5O2. The normalized spacial score (nSPS) is 23.3. The Morgan fingerprint density at radius 3 is 2.69 bits per heavy atom. The zero-order valence-electron chi connectivity index (χ0n) is 18.3. The average molecular weight is 436 g/mol. The van der Waals surface area contributed by atoms with Crippen LogP contribution in [0.2, 0.25) is 0 Å². The maximum Gasteiger partial charge on any atom is 0.236 e. The van der Waals surface area contributed by atoms with Gasteiger partial charge in [0.2, 0.25) is 5.91 Å². The van der Waals surface area contributed by atoms with Crippen molar-refractivity contribution in [2.45, 2.75) is 26.4 Å². The number of piperidine rings is 1. The molecule has 1 unspecified atom stereocenters. The van der Waals surface area contributed by atoms with Gasteiger partial charge in [0.05, 0.1) is 12.1 Å². The van der Waals surface area contributed by atoms with Gasteiger partial charge in [-0.3, -0.25) is 4.79 Å². The van der Waals surface area contributed by atoms with Gasteiger partial charge in [0.25, 0.3) is 0 Å². The number of aryl methyl sites for hydroxylation is 1. The van der Waals surface area contributed by atoms with E-state index in [1.807, 2.05) is 19.9 Å². The number of rotatable bonds is 3. The van der Waals surface area contributed by atoms with E-state index in [-0.39, 0.29) is 29.9 Å². The maximum absolute atomic E-state index is 15.7. The summed E-state index contributed by atoms with van der Waals surface area (Å²) in [4.78, 5) is 20.9. The lowest BCUT2D eigenvalue weighted by Crippen LogP contribution is -2.57. The summed E-state index contributed by atoms with van der Waals surface area (Å²) in [6.07, 6.45) is 3.19. The second-order valence-electron chi connectivity index (χ2n) is 8.68. The van der Waals surface area contributed by atoms with Crippen LogP contribution in [0.25, 0.3) is 22.2 Å².